The van der Waals surface area contributed by atoms with Gasteiger partial charge >= 0.3 is 0 Å². The highest BCUT2D eigenvalue weighted by Crippen LogP contribution is 2.33. The van der Waals surface area contributed by atoms with Crippen molar-refractivity contribution in [1.82, 2.24) is 14.5 Å². The maximum Gasteiger partial charge on any atom is 0.275 e. The third-order valence-corrected chi connectivity index (χ3v) is 7.18. The molecule has 0 saturated carbocycles. The first kappa shape index (κ1) is 19.5. The summed E-state index contributed by atoms with van der Waals surface area (Å²) in [6, 6.07) is 10.3. The van der Waals surface area contributed by atoms with Crippen LogP contribution < -0.4 is 10.5 Å². The quantitative estimate of drug-likeness (QED) is 0.648. The van der Waals surface area contributed by atoms with Gasteiger partial charge in [0.15, 0.2) is 0 Å². The van der Waals surface area contributed by atoms with E-state index in [-0.39, 0.29) is 11.7 Å². The van der Waals surface area contributed by atoms with E-state index in [9.17, 15) is 4.79 Å². The molecule has 0 aliphatic carbocycles. The van der Waals surface area contributed by atoms with Gasteiger partial charge in [-0.15, -0.1) is 11.3 Å². The van der Waals surface area contributed by atoms with Crippen molar-refractivity contribution in [3.05, 3.63) is 58.0 Å². The summed E-state index contributed by atoms with van der Waals surface area (Å²) in [5.74, 6) is 0. The molecule has 4 heterocycles. The molecule has 2 aliphatic heterocycles. The third-order valence-electron chi connectivity index (χ3n) is 6.02. The Balaban J connectivity index is 1.44. The van der Waals surface area contributed by atoms with Gasteiger partial charge < -0.3 is 14.5 Å². The van der Waals surface area contributed by atoms with Crippen LogP contribution in [0.5, 0.6) is 0 Å². The zero-order valence-electron chi connectivity index (χ0n) is 17.4. The van der Waals surface area contributed by atoms with Gasteiger partial charge in [0.05, 0.1) is 23.9 Å². The molecule has 0 spiro atoms. The summed E-state index contributed by atoms with van der Waals surface area (Å²) < 4.78 is 7.95. The number of nitrogens with zero attached hydrogens (tertiary/aromatic N) is 4. The summed E-state index contributed by atoms with van der Waals surface area (Å²) in [6.07, 6.45) is 4.96. The summed E-state index contributed by atoms with van der Waals surface area (Å²) in [4.78, 5) is 23.6. The lowest BCUT2D eigenvalue weighted by Crippen LogP contribution is -2.28. The van der Waals surface area contributed by atoms with Gasteiger partial charge in [0.1, 0.15) is 11.0 Å². The second-order valence-corrected chi connectivity index (χ2v) is 9.09. The molecule has 1 unspecified atom stereocenters. The molecule has 0 N–H and O–H groups in total. The molecule has 0 radical (unpaired) electrons. The lowest BCUT2D eigenvalue weighted by molar-refractivity contribution is 0.147. The number of fused-ring (bicyclic) bond motifs is 1. The van der Waals surface area contributed by atoms with E-state index in [2.05, 4.69) is 40.0 Å². The van der Waals surface area contributed by atoms with Gasteiger partial charge in [-0.3, -0.25) is 9.36 Å². The number of rotatable bonds is 3. The number of hydrogen-bond acceptors (Lipinski definition) is 6. The molecule has 156 valence electrons. The normalized spacial score (nSPS) is 20.5. The lowest BCUT2D eigenvalue weighted by atomic mass is 10.1. The zero-order chi connectivity index (χ0) is 20.7. The third kappa shape index (κ3) is 3.57. The fraction of sp³-hybridized carbons (Fsp3) is 0.391. The minimum absolute atomic E-state index is 0.0208. The number of anilines is 1. The van der Waals surface area contributed by atoms with E-state index in [1.165, 1.54) is 23.4 Å². The topological polar surface area (TPSA) is 50.6 Å². The van der Waals surface area contributed by atoms with Gasteiger partial charge in [-0.1, -0.05) is 6.08 Å². The molecule has 1 saturated heterocycles. The first-order chi connectivity index (χ1) is 14.6. The number of hydrogen-bond donors (Lipinski definition) is 0. The Kier molecular flexibility index (Phi) is 5.18. The Labute approximate surface area is 180 Å². The van der Waals surface area contributed by atoms with Gasteiger partial charge in [-0.25, -0.2) is 4.98 Å². The zero-order valence-corrected chi connectivity index (χ0v) is 18.2. The van der Waals surface area contributed by atoms with Crippen molar-refractivity contribution < 1.29 is 4.74 Å². The Morgan fingerprint density at radius 2 is 1.90 bits per heavy atom. The van der Waals surface area contributed by atoms with Crippen LogP contribution in [0.25, 0.3) is 21.5 Å². The fourth-order valence-electron chi connectivity index (χ4n) is 4.21. The van der Waals surface area contributed by atoms with Gasteiger partial charge in [-0.05, 0) is 62.8 Å². The highest BCUT2D eigenvalue weighted by Gasteiger charge is 2.20. The van der Waals surface area contributed by atoms with Crippen LogP contribution in [0.4, 0.5) is 5.69 Å². The Hall–Kier alpha value is -2.48. The molecule has 6 nitrogen and oxygen atoms in total. The Morgan fingerprint density at radius 1 is 1.10 bits per heavy atom. The first-order valence-electron chi connectivity index (χ1n) is 10.5. The van der Waals surface area contributed by atoms with Crippen molar-refractivity contribution in [2.24, 2.45) is 0 Å². The Bertz CT molecular complexity index is 1150. The van der Waals surface area contributed by atoms with Gasteiger partial charge in [0, 0.05) is 30.2 Å². The lowest BCUT2D eigenvalue weighted by Gasteiger charge is -2.23. The maximum absolute atomic E-state index is 13.2. The number of likely N-dealkylation sites (N-methyl/N-ethyl adjacent to an activating group) is 1. The predicted molar refractivity (Wildman–Crippen MR) is 123 cm³/mol. The average molecular weight is 423 g/mol. The highest BCUT2D eigenvalue weighted by atomic mass is 32.1. The monoisotopic (exact) mass is 422 g/mol. The van der Waals surface area contributed by atoms with Crippen LogP contribution in [0.15, 0.2) is 47.5 Å². The molecule has 1 aromatic carbocycles. The molecule has 2 aliphatic rings. The molecule has 2 aromatic heterocycles. The van der Waals surface area contributed by atoms with E-state index < -0.39 is 0 Å². The van der Waals surface area contributed by atoms with E-state index in [1.807, 2.05) is 25.1 Å². The molecular formula is C23H26N4O2S. The molecular weight excluding hydrogens is 396 g/mol. The van der Waals surface area contributed by atoms with E-state index in [0.717, 1.165) is 47.8 Å². The largest absolute Gasteiger partial charge is 0.370 e. The number of thiophene rings is 1. The van der Waals surface area contributed by atoms with Gasteiger partial charge in [-0.2, -0.15) is 0 Å². The van der Waals surface area contributed by atoms with Crippen LogP contribution in [0.2, 0.25) is 0 Å². The Morgan fingerprint density at radius 3 is 2.67 bits per heavy atom. The van der Waals surface area contributed by atoms with Crippen LogP contribution in [0, 0.1) is 0 Å². The molecule has 5 rings (SSSR count). The van der Waals surface area contributed by atoms with Crippen LogP contribution in [0.1, 0.15) is 18.2 Å². The second kappa shape index (κ2) is 7.98. The molecule has 30 heavy (non-hydrogen) atoms. The van der Waals surface area contributed by atoms with E-state index in [0.29, 0.717) is 11.3 Å². The van der Waals surface area contributed by atoms with Crippen molar-refractivity contribution in [2.45, 2.75) is 19.4 Å². The van der Waals surface area contributed by atoms with Crippen LogP contribution in [-0.2, 0) is 4.74 Å². The van der Waals surface area contributed by atoms with Crippen molar-refractivity contribution in [1.29, 1.82) is 0 Å². The standard InChI is InChI=1S/C23H26N4O2S/c1-16-19(8-13-29-16)21-14-20-22(30-21)23(28)27(15-24-20)18-6-4-17(5-7-18)26-10-3-9-25(2)11-12-26/h4-8,14-16H,3,9-13H2,1-2H3. The predicted octanol–water partition coefficient (Wildman–Crippen LogP) is 3.39. The maximum atomic E-state index is 13.2. The minimum atomic E-state index is -0.0208. The van der Waals surface area contributed by atoms with Gasteiger partial charge in [0.2, 0.25) is 0 Å². The van der Waals surface area contributed by atoms with Crippen molar-refractivity contribution in [3.8, 4) is 5.69 Å². The van der Waals surface area contributed by atoms with Crippen molar-refractivity contribution >= 4 is 32.8 Å². The summed E-state index contributed by atoms with van der Waals surface area (Å²) in [5, 5.41) is 0. The smallest absolute Gasteiger partial charge is 0.275 e. The molecule has 1 fully saturated rings. The second-order valence-electron chi connectivity index (χ2n) is 8.04. The molecule has 3 aromatic rings. The van der Waals surface area contributed by atoms with Crippen LogP contribution >= 0.6 is 11.3 Å². The average Bonchev–Trinajstić information content (AvgIpc) is 3.31. The number of benzene rings is 1. The first-order valence-corrected chi connectivity index (χ1v) is 11.3. The highest BCUT2D eigenvalue weighted by molar-refractivity contribution is 7.19. The molecule has 0 bridgehead atoms. The minimum Gasteiger partial charge on any atom is -0.370 e. The number of ether oxygens (including phenoxy) is 1. The molecule has 1 atom stereocenters. The summed E-state index contributed by atoms with van der Waals surface area (Å²) in [5.41, 5.74) is 3.93. The van der Waals surface area contributed by atoms with E-state index >= 15 is 0 Å². The molecule has 7 heteroatoms. The summed E-state index contributed by atoms with van der Waals surface area (Å²) in [6.45, 7) is 6.97. The van der Waals surface area contributed by atoms with E-state index in [1.54, 1.807) is 10.9 Å². The fourth-order valence-corrected chi connectivity index (χ4v) is 5.37. The van der Waals surface area contributed by atoms with Gasteiger partial charge in [0.25, 0.3) is 5.56 Å². The molecule has 0 amide bonds. The van der Waals surface area contributed by atoms with Crippen LogP contribution in [0.3, 0.4) is 0 Å². The SMILES string of the molecule is CC1OCC=C1c1cc2ncn(-c3ccc(N4CCCN(C)CC4)cc3)c(=O)c2s1. The number of aromatic nitrogens is 2. The summed E-state index contributed by atoms with van der Waals surface area (Å²) >= 11 is 1.51. The van der Waals surface area contributed by atoms with E-state index in [4.69, 9.17) is 4.74 Å². The summed E-state index contributed by atoms with van der Waals surface area (Å²) in [7, 11) is 2.18. The van der Waals surface area contributed by atoms with Crippen molar-refractivity contribution in [2.75, 3.05) is 44.7 Å². The van der Waals surface area contributed by atoms with Crippen molar-refractivity contribution in [3.63, 3.8) is 0 Å². The van der Waals surface area contributed by atoms with Crippen LogP contribution in [-0.4, -0.2) is 60.4 Å².